The van der Waals surface area contributed by atoms with Crippen molar-refractivity contribution in [2.24, 2.45) is 0 Å². The molecular weight excluding hydrogens is 458 g/mol. The maximum Gasteiger partial charge on any atom is 0.320 e. The fraction of sp³-hybridized carbons (Fsp3) is 0.333. The highest BCUT2D eigenvalue weighted by molar-refractivity contribution is 6.01. The van der Waals surface area contributed by atoms with Crippen molar-refractivity contribution in [3.8, 4) is 0 Å². The zero-order valence-corrected chi connectivity index (χ0v) is 20.5. The van der Waals surface area contributed by atoms with Crippen molar-refractivity contribution in [2.75, 3.05) is 44.0 Å². The van der Waals surface area contributed by atoms with E-state index in [0.717, 1.165) is 16.5 Å². The van der Waals surface area contributed by atoms with Crippen LogP contribution in [0.3, 0.4) is 0 Å². The minimum atomic E-state index is -0.260. The number of anilines is 2. The second-order valence-corrected chi connectivity index (χ2v) is 8.71. The molecule has 2 heterocycles. The molecule has 0 saturated carbocycles. The maximum absolute atomic E-state index is 12.5. The smallest absolute Gasteiger partial charge is 0.320 e. The number of cyclic esters (lactones) is 1. The minimum Gasteiger partial charge on any atom is -0.460 e. The molecule has 1 aromatic heterocycles. The lowest BCUT2D eigenvalue weighted by atomic mass is 10.1. The fourth-order valence-corrected chi connectivity index (χ4v) is 4.11. The molecule has 1 saturated heterocycles. The van der Waals surface area contributed by atoms with Crippen molar-refractivity contribution >= 4 is 34.3 Å². The number of aromatic nitrogens is 2. The number of ether oxygens (including phenoxy) is 2. The van der Waals surface area contributed by atoms with Crippen LogP contribution in [-0.4, -0.2) is 66.2 Å². The average molecular weight is 490 g/mol. The topological polar surface area (TPSA) is 106 Å². The quantitative estimate of drug-likeness (QED) is 0.329. The largest absolute Gasteiger partial charge is 0.460 e. The van der Waals surface area contributed by atoms with Gasteiger partial charge in [0.05, 0.1) is 12.1 Å². The van der Waals surface area contributed by atoms with Gasteiger partial charge < -0.3 is 20.1 Å². The molecule has 0 aliphatic carbocycles. The third-order valence-electron chi connectivity index (χ3n) is 5.95. The number of carbonyl (C=O) groups is 2. The van der Waals surface area contributed by atoms with E-state index in [2.05, 4.69) is 39.7 Å². The fourth-order valence-electron chi connectivity index (χ4n) is 4.11. The first-order valence-corrected chi connectivity index (χ1v) is 12.0. The Morgan fingerprint density at radius 1 is 1.25 bits per heavy atom. The first-order valence-electron chi connectivity index (χ1n) is 12.0. The highest BCUT2D eigenvalue weighted by atomic mass is 16.5. The Hall–Kier alpha value is -3.82. The summed E-state index contributed by atoms with van der Waals surface area (Å²) < 4.78 is 10.4. The molecule has 0 spiro atoms. The number of hydrogen-bond acceptors (Lipinski definition) is 8. The molecule has 36 heavy (non-hydrogen) atoms. The molecule has 2 aromatic carbocycles. The minimum absolute atomic E-state index is 0.0478. The van der Waals surface area contributed by atoms with E-state index in [9.17, 15) is 9.59 Å². The number of morpholine rings is 1. The molecule has 0 radical (unpaired) electrons. The van der Waals surface area contributed by atoms with Crippen LogP contribution in [0.5, 0.6) is 0 Å². The average Bonchev–Trinajstić information content (AvgIpc) is 2.88. The number of esters is 1. The number of carbonyl (C=O) groups excluding carboxylic acids is 2. The predicted octanol–water partition coefficient (Wildman–Crippen LogP) is 3.56. The molecule has 9 nitrogen and oxygen atoms in total. The molecule has 2 N–H and O–H groups in total. The standard InChI is InChI=1S/C27H31N5O4/c1-19(20-7-4-3-5-8-20)30-27-23-15-21(10-11-24(23)28-18-29-27)31-25(33)9-6-13-32-16-22(12-14-35-2)36-26(34)17-32/h3-11,15,18-19,22H,12-14,16-17H2,1-2H3,(H,31,33)(H,28,29,30)/b9-6+/t19-,22?/m1/s1. The van der Waals surface area contributed by atoms with Gasteiger partial charge in [-0.25, -0.2) is 9.97 Å². The number of benzene rings is 2. The molecule has 1 aliphatic rings. The van der Waals surface area contributed by atoms with Crippen molar-refractivity contribution < 1.29 is 19.1 Å². The molecular formula is C27H31N5O4. The summed E-state index contributed by atoms with van der Waals surface area (Å²) in [5.74, 6) is 0.182. The Balaban J connectivity index is 1.37. The first-order chi connectivity index (χ1) is 17.5. The molecule has 1 aliphatic heterocycles. The predicted molar refractivity (Wildman–Crippen MR) is 139 cm³/mol. The lowest BCUT2D eigenvalue weighted by Crippen LogP contribution is -2.45. The molecule has 1 unspecified atom stereocenters. The van der Waals surface area contributed by atoms with Gasteiger partial charge >= 0.3 is 5.97 Å². The van der Waals surface area contributed by atoms with Crippen molar-refractivity contribution in [1.29, 1.82) is 0 Å². The van der Waals surface area contributed by atoms with Gasteiger partial charge in [-0.15, -0.1) is 0 Å². The lowest BCUT2D eigenvalue weighted by molar-refractivity contribution is -0.159. The van der Waals surface area contributed by atoms with Crippen molar-refractivity contribution in [1.82, 2.24) is 14.9 Å². The molecule has 1 fully saturated rings. The van der Waals surface area contributed by atoms with Crippen LogP contribution in [0, 0.1) is 0 Å². The highest BCUT2D eigenvalue weighted by Crippen LogP contribution is 2.26. The molecule has 188 valence electrons. The van der Waals surface area contributed by atoms with Crippen LogP contribution in [0.25, 0.3) is 10.9 Å². The second kappa shape index (κ2) is 12.2. The van der Waals surface area contributed by atoms with Gasteiger partial charge in [-0.3, -0.25) is 14.5 Å². The van der Waals surface area contributed by atoms with Gasteiger partial charge in [0, 0.05) is 56.4 Å². The number of methoxy groups -OCH3 is 1. The third-order valence-corrected chi connectivity index (χ3v) is 5.95. The molecule has 3 aromatic rings. The summed E-state index contributed by atoms with van der Waals surface area (Å²) in [6, 6.07) is 15.7. The normalized spacial score (nSPS) is 17.2. The summed E-state index contributed by atoms with van der Waals surface area (Å²) in [6.07, 6.45) is 5.21. The monoisotopic (exact) mass is 489 g/mol. The van der Waals surface area contributed by atoms with E-state index in [1.165, 1.54) is 12.4 Å². The van der Waals surface area contributed by atoms with Gasteiger partial charge in [0.25, 0.3) is 0 Å². The van der Waals surface area contributed by atoms with Crippen molar-refractivity contribution in [3.63, 3.8) is 0 Å². The molecule has 4 rings (SSSR count). The van der Waals surface area contributed by atoms with Gasteiger partial charge in [-0.1, -0.05) is 36.4 Å². The Kier molecular flexibility index (Phi) is 8.59. The van der Waals surface area contributed by atoms with Gasteiger partial charge in [-0.2, -0.15) is 0 Å². The molecule has 9 heteroatoms. The number of rotatable bonds is 10. The van der Waals surface area contributed by atoms with Crippen LogP contribution >= 0.6 is 0 Å². The van der Waals surface area contributed by atoms with Crippen LogP contribution in [-0.2, 0) is 19.1 Å². The van der Waals surface area contributed by atoms with E-state index >= 15 is 0 Å². The van der Waals surface area contributed by atoms with Gasteiger partial charge in [0.2, 0.25) is 5.91 Å². The first kappa shape index (κ1) is 25.3. The van der Waals surface area contributed by atoms with E-state index in [1.807, 2.05) is 41.3 Å². The van der Waals surface area contributed by atoms with Crippen LogP contribution in [0.2, 0.25) is 0 Å². The van der Waals surface area contributed by atoms with Crippen LogP contribution < -0.4 is 10.6 Å². The van der Waals surface area contributed by atoms with E-state index in [0.29, 0.717) is 37.6 Å². The SMILES string of the molecule is COCCC1CN(C/C=C/C(=O)Nc2ccc3ncnc(N[C@H](C)c4ccccc4)c3c2)CC(=O)O1. The number of hydrogen-bond donors (Lipinski definition) is 2. The Morgan fingerprint density at radius 3 is 2.89 bits per heavy atom. The Morgan fingerprint density at radius 2 is 2.08 bits per heavy atom. The summed E-state index contributed by atoms with van der Waals surface area (Å²) in [5.41, 5.74) is 2.57. The van der Waals surface area contributed by atoms with E-state index < -0.39 is 0 Å². The van der Waals surface area contributed by atoms with Gasteiger partial charge in [-0.05, 0) is 30.7 Å². The Labute approximate surface area is 210 Å². The lowest BCUT2D eigenvalue weighted by Gasteiger charge is -2.31. The molecule has 2 atom stereocenters. The maximum atomic E-state index is 12.5. The molecule has 1 amide bonds. The second-order valence-electron chi connectivity index (χ2n) is 8.71. The van der Waals surface area contributed by atoms with Crippen LogP contribution in [0.1, 0.15) is 24.9 Å². The zero-order chi connectivity index (χ0) is 25.3. The summed E-state index contributed by atoms with van der Waals surface area (Å²) in [5, 5.41) is 7.15. The van der Waals surface area contributed by atoms with Gasteiger partial charge in [0.1, 0.15) is 18.2 Å². The number of nitrogens with one attached hydrogen (secondary N) is 2. The van der Waals surface area contributed by atoms with Crippen molar-refractivity contribution in [2.45, 2.75) is 25.5 Å². The highest BCUT2D eigenvalue weighted by Gasteiger charge is 2.25. The summed E-state index contributed by atoms with van der Waals surface area (Å²) in [6.45, 7) is 3.90. The van der Waals surface area contributed by atoms with Crippen molar-refractivity contribution in [3.05, 3.63) is 72.6 Å². The number of fused-ring (bicyclic) bond motifs is 1. The van der Waals surface area contributed by atoms with E-state index in [-0.39, 0.29) is 30.6 Å². The summed E-state index contributed by atoms with van der Waals surface area (Å²) >= 11 is 0. The number of amides is 1. The molecule has 0 bridgehead atoms. The number of nitrogens with zero attached hydrogens (tertiary/aromatic N) is 3. The van der Waals surface area contributed by atoms with E-state index in [1.54, 1.807) is 13.2 Å². The van der Waals surface area contributed by atoms with Crippen LogP contribution in [0.15, 0.2) is 67.0 Å². The Bertz CT molecular complexity index is 1220. The van der Waals surface area contributed by atoms with Gasteiger partial charge in [0.15, 0.2) is 0 Å². The third kappa shape index (κ3) is 6.87. The zero-order valence-electron chi connectivity index (χ0n) is 20.5. The van der Waals surface area contributed by atoms with Crippen LogP contribution in [0.4, 0.5) is 11.5 Å². The van der Waals surface area contributed by atoms with E-state index in [4.69, 9.17) is 9.47 Å². The summed E-state index contributed by atoms with van der Waals surface area (Å²) in [7, 11) is 1.62. The summed E-state index contributed by atoms with van der Waals surface area (Å²) in [4.78, 5) is 35.1.